The molecule has 0 aliphatic rings. The van der Waals surface area contributed by atoms with E-state index in [-0.39, 0.29) is 25.2 Å². The van der Waals surface area contributed by atoms with Crippen LogP contribution in [0.4, 0.5) is 0 Å². The maximum atomic E-state index is 11.6. The number of amides is 1. The van der Waals surface area contributed by atoms with Gasteiger partial charge in [-0.2, -0.15) is 0 Å². The first kappa shape index (κ1) is 20.6. The van der Waals surface area contributed by atoms with Crippen molar-refractivity contribution in [2.24, 2.45) is 5.73 Å². The van der Waals surface area contributed by atoms with Gasteiger partial charge in [-0.25, -0.2) is 0 Å². The molecule has 6 heteroatoms. The van der Waals surface area contributed by atoms with E-state index in [1.54, 1.807) is 6.92 Å². The molecule has 0 fully saturated rings. The van der Waals surface area contributed by atoms with E-state index in [4.69, 9.17) is 10.5 Å². The van der Waals surface area contributed by atoms with Crippen LogP contribution in [0.2, 0.25) is 0 Å². The van der Waals surface area contributed by atoms with Crippen LogP contribution in [-0.4, -0.2) is 28.2 Å². The van der Waals surface area contributed by atoms with Gasteiger partial charge in [0.2, 0.25) is 5.91 Å². The van der Waals surface area contributed by atoms with Gasteiger partial charge < -0.3 is 20.1 Å². The van der Waals surface area contributed by atoms with Gasteiger partial charge in [-0.1, -0.05) is 36.4 Å². The van der Waals surface area contributed by atoms with Crippen molar-refractivity contribution in [3.8, 4) is 0 Å². The number of hydrogen-bond donors (Lipinski definition) is 2. The zero-order valence-corrected chi connectivity index (χ0v) is 16.5. The largest absolute Gasteiger partial charge is 0.466 e. The van der Waals surface area contributed by atoms with E-state index < -0.39 is 12.0 Å². The monoisotopic (exact) mass is 394 g/mol. The van der Waals surface area contributed by atoms with Crippen LogP contribution in [0.3, 0.4) is 0 Å². The summed E-state index contributed by atoms with van der Waals surface area (Å²) in [6, 6.07) is 15.7. The van der Waals surface area contributed by atoms with Crippen molar-refractivity contribution < 1.29 is 19.4 Å². The van der Waals surface area contributed by atoms with Crippen LogP contribution in [-0.2, 0) is 27.3 Å². The average Bonchev–Trinajstić information content (AvgIpc) is 3.03. The number of hydrogen-bond acceptors (Lipinski definition) is 4. The molecule has 29 heavy (non-hydrogen) atoms. The highest BCUT2D eigenvalue weighted by Crippen LogP contribution is 2.28. The zero-order valence-electron chi connectivity index (χ0n) is 16.5. The number of nitrogens with zero attached hydrogens (tertiary/aromatic N) is 1. The van der Waals surface area contributed by atoms with Crippen molar-refractivity contribution >= 4 is 22.8 Å². The van der Waals surface area contributed by atoms with E-state index in [1.165, 1.54) is 0 Å². The first-order valence-corrected chi connectivity index (χ1v) is 9.75. The molecule has 1 atom stereocenters. The summed E-state index contributed by atoms with van der Waals surface area (Å²) in [6.45, 7) is 2.75. The Morgan fingerprint density at radius 2 is 1.93 bits per heavy atom. The van der Waals surface area contributed by atoms with Gasteiger partial charge in [-0.15, -0.1) is 0 Å². The van der Waals surface area contributed by atoms with Crippen LogP contribution >= 0.6 is 0 Å². The van der Waals surface area contributed by atoms with Gasteiger partial charge in [0.15, 0.2) is 0 Å². The number of carbonyl (C=O) groups is 2. The fraction of sp³-hybridized carbons (Fsp3) is 0.304. The maximum absolute atomic E-state index is 11.6. The van der Waals surface area contributed by atoms with Crippen molar-refractivity contribution in [3.63, 3.8) is 0 Å². The normalized spacial score (nSPS) is 12.1. The minimum atomic E-state index is -0.789. The van der Waals surface area contributed by atoms with Crippen molar-refractivity contribution in [1.82, 2.24) is 4.57 Å². The number of aromatic nitrogens is 1. The van der Waals surface area contributed by atoms with Crippen molar-refractivity contribution in [1.29, 1.82) is 0 Å². The van der Waals surface area contributed by atoms with Gasteiger partial charge in [-0.05, 0) is 42.2 Å². The fourth-order valence-electron chi connectivity index (χ4n) is 3.49. The zero-order chi connectivity index (χ0) is 20.8. The molecule has 1 amide bonds. The Balaban J connectivity index is 1.89. The van der Waals surface area contributed by atoms with Crippen LogP contribution in [0.5, 0.6) is 0 Å². The van der Waals surface area contributed by atoms with E-state index in [0.29, 0.717) is 18.7 Å². The molecule has 0 aliphatic heterocycles. The van der Waals surface area contributed by atoms with Gasteiger partial charge >= 0.3 is 5.97 Å². The molecule has 1 heterocycles. The maximum Gasteiger partial charge on any atom is 0.305 e. The van der Waals surface area contributed by atoms with Gasteiger partial charge in [0.25, 0.3) is 0 Å². The molecule has 3 N–H and O–H groups in total. The average molecular weight is 394 g/mol. The Kier molecular flexibility index (Phi) is 6.67. The quantitative estimate of drug-likeness (QED) is 0.545. The molecular formula is C23H26N2O4. The molecule has 0 radical (unpaired) electrons. The summed E-state index contributed by atoms with van der Waals surface area (Å²) >= 11 is 0. The minimum absolute atomic E-state index is 0.126. The molecule has 152 valence electrons. The highest BCUT2D eigenvalue weighted by Gasteiger charge is 2.16. The molecule has 6 nitrogen and oxygen atoms in total. The lowest BCUT2D eigenvalue weighted by Gasteiger charge is -2.12. The number of aliphatic hydroxyl groups is 1. The highest BCUT2D eigenvalue weighted by atomic mass is 16.5. The summed E-state index contributed by atoms with van der Waals surface area (Å²) in [4.78, 5) is 23.1. The number of esters is 1. The van der Waals surface area contributed by atoms with Crippen LogP contribution in [0.15, 0.2) is 54.7 Å². The second-order valence-electron chi connectivity index (χ2n) is 7.05. The fourth-order valence-corrected chi connectivity index (χ4v) is 3.49. The molecule has 2 aromatic carbocycles. The topological polar surface area (TPSA) is 94.6 Å². The number of ether oxygens (including phenoxy) is 1. The van der Waals surface area contributed by atoms with E-state index in [1.807, 2.05) is 54.7 Å². The van der Waals surface area contributed by atoms with Crippen LogP contribution in [0.25, 0.3) is 10.9 Å². The molecule has 3 aromatic rings. The summed E-state index contributed by atoms with van der Waals surface area (Å²) in [5, 5.41) is 11.4. The number of aliphatic hydroxyl groups excluding tert-OH is 1. The summed E-state index contributed by atoms with van der Waals surface area (Å²) in [5.74, 6) is -0.729. The molecule has 0 aliphatic carbocycles. The van der Waals surface area contributed by atoms with Crippen molar-refractivity contribution in [2.75, 3.05) is 6.61 Å². The van der Waals surface area contributed by atoms with E-state index >= 15 is 0 Å². The molecule has 0 bridgehead atoms. The first-order valence-electron chi connectivity index (χ1n) is 9.75. The van der Waals surface area contributed by atoms with Gasteiger partial charge in [0.05, 0.1) is 19.1 Å². The summed E-state index contributed by atoms with van der Waals surface area (Å²) in [7, 11) is 0. The number of nitrogens with two attached hydrogens (primary N) is 1. The molecular weight excluding hydrogens is 368 g/mol. The van der Waals surface area contributed by atoms with Crippen LogP contribution < -0.4 is 5.73 Å². The van der Waals surface area contributed by atoms with Gasteiger partial charge in [-0.3, -0.25) is 9.59 Å². The lowest BCUT2D eigenvalue weighted by molar-refractivity contribution is -0.143. The summed E-state index contributed by atoms with van der Waals surface area (Å²) < 4.78 is 7.00. The van der Waals surface area contributed by atoms with Crippen molar-refractivity contribution in [3.05, 3.63) is 71.4 Å². The number of benzene rings is 2. The Hall–Kier alpha value is -3.12. The Morgan fingerprint density at radius 1 is 1.17 bits per heavy atom. The third-order valence-electron chi connectivity index (χ3n) is 4.86. The van der Waals surface area contributed by atoms with E-state index in [9.17, 15) is 14.7 Å². The van der Waals surface area contributed by atoms with E-state index in [2.05, 4.69) is 4.57 Å². The predicted octanol–water partition coefficient (Wildman–Crippen LogP) is 3.09. The van der Waals surface area contributed by atoms with E-state index in [0.717, 1.165) is 22.0 Å². The van der Waals surface area contributed by atoms with Gasteiger partial charge in [0.1, 0.15) is 0 Å². The smallest absolute Gasteiger partial charge is 0.305 e. The molecule has 1 aromatic heterocycles. The molecule has 0 saturated carbocycles. The number of carbonyl (C=O) groups excluding carboxylic acids is 2. The standard InChI is InChI=1S/C23H26N2O4/c1-2-29-23(28)11-10-21(26)17-8-9-20-19(12-17)18(13-22(24)27)15-25(20)14-16-6-4-3-5-7-16/h3-9,12,15,21,26H,2,10-11,13-14H2,1H3,(H2,24,27). The van der Waals surface area contributed by atoms with Crippen molar-refractivity contribution in [2.45, 2.75) is 38.8 Å². The van der Waals surface area contributed by atoms with Gasteiger partial charge in [0, 0.05) is 30.1 Å². The molecule has 3 rings (SSSR count). The van der Waals surface area contributed by atoms with Crippen LogP contribution in [0.1, 0.15) is 42.6 Å². The summed E-state index contributed by atoms with van der Waals surface area (Å²) in [5.41, 5.74) is 9.07. The molecule has 0 saturated heterocycles. The Morgan fingerprint density at radius 3 is 2.62 bits per heavy atom. The Labute approximate surface area is 169 Å². The summed E-state index contributed by atoms with van der Waals surface area (Å²) in [6.07, 6.45) is 1.71. The molecule has 1 unspecified atom stereocenters. The van der Waals surface area contributed by atoms with Crippen LogP contribution in [0, 0.1) is 0 Å². The highest BCUT2D eigenvalue weighted by molar-refractivity contribution is 5.89. The lowest BCUT2D eigenvalue weighted by atomic mass is 10.0. The second-order valence-corrected chi connectivity index (χ2v) is 7.05. The predicted molar refractivity (Wildman–Crippen MR) is 111 cm³/mol. The molecule has 0 spiro atoms. The second kappa shape index (κ2) is 9.39. The third-order valence-corrected chi connectivity index (χ3v) is 4.86. The Bertz CT molecular complexity index is 995. The third kappa shape index (κ3) is 5.23. The number of fused-ring (bicyclic) bond motifs is 1. The number of rotatable bonds is 9. The SMILES string of the molecule is CCOC(=O)CCC(O)c1ccc2c(c1)c(CC(N)=O)cn2Cc1ccccc1. The minimum Gasteiger partial charge on any atom is -0.466 e. The lowest BCUT2D eigenvalue weighted by Crippen LogP contribution is -2.13. The number of primary amides is 1. The first-order chi connectivity index (χ1) is 14.0.